The third-order valence-corrected chi connectivity index (χ3v) is 3.36. The van der Waals surface area contributed by atoms with Crippen LogP contribution in [0, 0.1) is 0 Å². The number of hydrogen-bond acceptors (Lipinski definition) is 6. The van der Waals surface area contributed by atoms with Gasteiger partial charge < -0.3 is 32.5 Å². The van der Waals surface area contributed by atoms with Crippen molar-refractivity contribution in [2.75, 3.05) is 13.1 Å². The fourth-order valence-electron chi connectivity index (χ4n) is 1.93. The van der Waals surface area contributed by atoms with Crippen molar-refractivity contribution in [3.05, 3.63) is 29.8 Å². The quantitative estimate of drug-likeness (QED) is 0.276. The molecule has 1 rings (SSSR count). The van der Waals surface area contributed by atoms with E-state index >= 15 is 0 Å². The number of amides is 4. The number of rotatable bonds is 9. The molecular weight excluding hydrogens is 378 g/mol. The zero-order valence-corrected chi connectivity index (χ0v) is 15.5. The number of carbonyl (C=O) groups is 4. The lowest BCUT2D eigenvalue weighted by Gasteiger charge is -2.17. The molecule has 10 nitrogen and oxygen atoms in total. The highest BCUT2D eigenvalue weighted by molar-refractivity contribution is 5.92. The Kier molecular flexibility index (Phi) is 10.5. The molecule has 0 aliphatic heterocycles. The Morgan fingerprint density at radius 1 is 1.04 bits per heavy atom. The molecule has 0 radical (unpaired) electrons. The maximum absolute atomic E-state index is 12.0. The second-order valence-corrected chi connectivity index (χ2v) is 5.67. The molecule has 4 amide bonds. The van der Waals surface area contributed by atoms with Crippen LogP contribution in [0.4, 0.5) is 0 Å². The van der Waals surface area contributed by atoms with Crippen LogP contribution in [0.25, 0.3) is 0 Å². The average molecular weight is 402 g/mol. The fourth-order valence-corrected chi connectivity index (χ4v) is 1.93. The highest BCUT2D eigenvalue weighted by atomic mass is 35.5. The van der Waals surface area contributed by atoms with E-state index in [0.29, 0.717) is 0 Å². The SMILES string of the molecule is CC(NC(=O)C(N)Cc1ccc(O)cc1)C(=O)NCC(=O)NCC(N)=O.Cl. The molecule has 0 heterocycles. The van der Waals surface area contributed by atoms with E-state index in [4.69, 9.17) is 11.5 Å². The Balaban J connectivity index is 0.00000676. The molecule has 0 aliphatic rings. The molecule has 0 spiro atoms. The van der Waals surface area contributed by atoms with E-state index in [9.17, 15) is 24.3 Å². The molecule has 0 aromatic heterocycles. The fraction of sp³-hybridized carbons (Fsp3) is 0.375. The summed E-state index contributed by atoms with van der Waals surface area (Å²) in [5.74, 6) is -2.28. The van der Waals surface area contributed by atoms with Crippen molar-refractivity contribution in [1.29, 1.82) is 0 Å². The predicted molar refractivity (Wildman–Crippen MR) is 99.9 cm³/mol. The van der Waals surface area contributed by atoms with Gasteiger partial charge >= 0.3 is 0 Å². The molecule has 27 heavy (non-hydrogen) atoms. The topological polar surface area (TPSA) is 177 Å². The highest BCUT2D eigenvalue weighted by Gasteiger charge is 2.20. The molecule has 8 N–H and O–H groups in total. The van der Waals surface area contributed by atoms with Crippen LogP contribution in [0.15, 0.2) is 24.3 Å². The number of benzene rings is 1. The van der Waals surface area contributed by atoms with Crippen molar-refractivity contribution in [2.24, 2.45) is 11.5 Å². The lowest BCUT2D eigenvalue weighted by molar-refractivity contribution is -0.130. The summed E-state index contributed by atoms with van der Waals surface area (Å²) in [5, 5.41) is 16.2. The number of nitrogens with one attached hydrogen (secondary N) is 3. The summed E-state index contributed by atoms with van der Waals surface area (Å²) in [6.45, 7) is 0.765. The Labute approximate surface area is 162 Å². The molecule has 2 atom stereocenters. The molecule has 0 aliphatic carbocycles. The summed E-state index contributed by atoms with van der Waals surface area (Å²) < 4.78 is 0. The Morgan fingerprint density at radius 2 is 1.63 bits per heavy atom. The molecule has 0 bridgehead atoms. The van der Waals surface area contributed by atoms with E-state index in [1.54, 1.807) is 12.1 Å². The van der Waals surface area contributed by atoms with Crippen LogP contribution >= 0.6 is 12.4 Å². The molecule has 1 aromatic carbocycles. The van der Waals surface area contributed by atoms with E-state index in [-0.39, 0.29) is 37.7 Å². The van der Waals surface area contributed by atoms with Gasteiger partial charge in [-0.3, -0.25) is 19.2 Å². The van der Waals surface area contributed by atoms with E-state index < -0.39 is 35.7 Å². The molecule has 0 saturated heterocycles. The number of halogens is 1. The van der Waals surface area contributed by atoms with Gasteiger partial charge in [0, 0.05) is 0 Å². The molecule has 150 valence electrons. The van der Waals surface area contributed by atoms with Gasteiger partial charge in [-0.15, -0.1) is 12.4 Å². The number of nitrogens with two attached hydrogens (primary N) is 2. The first-order valence-corrected chi connectivity index (χ1v) is 7.85. The van der Waals surface area contributed by atoms with E-state index in [0.717, 1.165) is 5.56 Å². The maximum atomic E-state index is 12.0. The number of carbonyl (C=O) groups excluding carboxylic acids is 4. The number of primary amides is 1. The lowest BCUT2D eigenvalue weighted by atomic mass is 10.1. The summed E-state index contributed by atoms with van der Waals surface area (Å²) in [6, 6.07) is 4.47. The first kappa shape index (κ1) is 24.1. The van der Waals surface area contributed by atoms with Crippen molar-refractivity contribution in [2.45, 2.75) is 25.4 Å². The minimum atomic E-state index is -0.905. The number of phenolic OH excluding ortho intramolecular Hbond substituents is 1. The lowest BCUT2D eigenvalue weighted by Crippen LogP contribution is -2.52. The number of aromatic hydroxyl groups is 1. The van der Waals surface area contributed by atoms with E-state index in [1.165, 1.54) is 19.1 Å². The van der Waals surface area contributed by atoms with Crippen LogP contribution in [0.3, 0.4) is 0 Å². The Bertz CT molecular complexity index is 668. The molecule has 0 saturated carbocycles. The van der Waals surface area contributed by atoms with Crippen molar-refractivity contribution in [3.63, 3.8) is 0 Å². The van der Waals surface area contributed by atoms with Crippen molar-refractivity contribution in [3.8, 4) is 5.75 Å². The molecule has 11 heteroatoms. The maximum Gasteiger partial charge on any atom is 0.242 e. The van der Waals surface area contributed by atoms with Gasteiger partial charge in [0.2, 0.25) is 23.6 Å². The largest absolute Gasteiger partial charge is 0.508 e. The molecule has 1 aromatic rings. The van der Waals surface area contributed by atoms with Gasteiger partial charge in [0.05, 0.1) is 19.1 Å². The van der Waals surface area contributed by atoms with Gasteiger partial charge in [0.15, 0.2) is 0 Å². The number of hydrogen-bond donors (Lipinski definition) is 6. The normalized spacial score (nSPS) is 12.1. The molecule has 2 unspecified atom stereocenters. The zero-order valence-electron chi connectivity index (χ0n) is 14.7. The summed E-state index contributed by atoms with van der Waals surface area (Å²) >= 11 is 0. The minimum Gasteiger partial charge on any atom is -0.508 e. The van der Waals surface area contributed by atoms with Gasteiger partial charge in [-0.1, -0.05) is 12.1 Å². The standard InChI is InChI=1S/C16H23N5O5.ClH/c1-9(15(25)20-8-14(24)19-7-13(18)23)21-16(26)12(17)6-10-2-4-11(22)5-3-10;/h2-5,9,12,22H,6-8,17H2,1H3,(H2,18,23)(H,19,24)(H,20,25)(H,21,26);1H. The third kappa shape index (κ3) is 9.42. The van der Waals surface area contributed by atoms with Crippen molar-refractivity contribution < 1.29 is 24.3 Å². The molecule has 0 fully saturated rings. The third-order valence-electron chi connectivity index (χ3n) is 3.36. The summed E-state index contributed by atoms with van der Waals surface area (Å²) in [6.07, 6.45) is 0.232. The smallest absolute Gasteiger partial charge is 0.242 e. The number of phenols is 1. The summed E-state index contributed by atoms with van der Waals surface area (Å²) in [5.41, 5.74) is 11.4. The van der Waals surface area contributed by atoms with Crippen LogP contribution in [-0.4, -0.2) is 53.9 Å². The van der Waals surface area contributed by atoms with Crippen molar-refractivity contribution in [1.82, 2.24) is 16.0 Å². The van der Waals surface area contributed by atoms with Gasteiger partial charge in [0.25, 0.3) is 0 Å². The monoisotopic (exact) mass is 401 g/mol. The van der Waals surface area contributed by atoms with E-state index in [1.807, 2.05) is 0 Å². The second-order valence-electron chi connectivity index (χ2n) is 5.67. The van der Waals surface area contributed by atoms with Crippen LogP contribution in [0.1, 0.15) is 12.5 Å². The van der Waals surface area contributed by atoms with Gasteiger partial charge in [-0.2, -0.15) is 0 Å². The summed E-state index contributed by atoms with van der Waals surface area (Å²) in [4.78, 5) is 45.8. The van der Waals surface area contributed by atoms with E-state index in [2.05, 4.69) is 16.0 Å². The minimum absolute atomic E-state index is 0. The van der Waals surface area contributed by atoms with Gasteiger partial charge in [-0.25, -0.2) is 0 Å². The first-order chi connectivity index (χ1) is 12.2. The highest BCUT2D eigenvalue weighted by Crippen LogP contribution is 2.10. The predicted octanol–water partition coefficient (Wildman–Crippen LogP) is -2.09. The van der Waals surface area contributed by atoms with Crippen LogP contribution in [0.2, 0.25) is 0 Å². The van der Waals surface area contributed by atoms with Crippen LogP contribution in [0.5, 0.6) is 5.75 Å². The zero-order chi connectivity index (χ0) is 19.7. The summed E-state index contributed by atoms with van der Waals surface area (Å²) in [7, 11) is 0. The van der Waals surface area contributed by atoms with Gasteiger partial charge in [0.1, 0.15) is 11.8 Å². The molecular formula is C16H24ClN5O5. The first-order valence-electron chi connectivity index (χ1n) is 7.85. The van der Waals surface area contributed by atoms with Crippen LogP contribution < -0.4 is 27.4 Å². The van der Waals surface area contributed by atoms with Gasteiger partial charge in [-0.05, 0) is 31.0 Å². The van der Waals surface area contributed by atoms with Crippen molar-refractivity contribution >= 4 is 36.0 Å². The van der Waals surface area contributed by atoms with Crippen LogP contribution in [-0.2, 0) is 25.6 Å². The Morgan fingerprint density at radius 3 is 2.19 bits per heavy atom. The second kappa shape index (κ2) is 11.7. The average Bonchev–Trinajstić information content (AvgIpc) is 2.59. The Hall–Kier alpha value is -2.85.